The van der Waals surface area contributed by atoms with Crippen molar-refractivity contribution >= 4 is 24.2 Å². The second-order valence-electron chi connectivity index (χ2n) is 5.44. The summed E-state index contributed by atoms with van der Waals surface area (Å²) in [5.41, 5.74) is 6.91. The summed E-state index contributed by atoms with van der Waals surface area (Å²) in [4.78, 5) is 25.6. The van der Waals surface area contributed by atoms with E-state index in [9.17, 15) is 9.59 Å². The zero-order valence-electron chi connectivity index (χ0n) is 12.7. The smallest absolute Gasteiger partial charge is 0.241 e. The van der Waals surface area contributed by atoms with Crippen LogP contribution < -0.4 is 11.1 Å². The second-order valence-corrected chi connectivity index (χ2v) is 5.44. The first-order valence-corrected chi connectivity index (χ1v) is 7.52. The molecule has 1 aromatic rings. The molecule has 6 heteroatoms. The van der Waals surface area contributed by atoms with Crippen LogP contribution in [0.25, 0.3) is 0 Å². The molecule has 0 spiro atoms. The molecule has 0 aromatic heterocycles. The van der Waals surface area contributed by atoms with Crippen LogP contribution in [0, 0.1) is 0 Å². The minimum Gasteiger partial charge on any atom is -0.347 e. The topological polar surface area (TPSA) is 75.4 Å². The maximum absolute atomic E-state index is 11.9. The fourth-order valence-electron chi connectivity index (χ4n) is 2.52. The van der Waals surface area contributed by atoms with Gasteiger partial charge < -0.3 is 16.0 Å². The van der Waals surface area contributed by atoms with Crippen LogP contribution >= 0.6 is 12.4 Å². The molecule has 2 amide bonds. The van der Waals surface area contributed by atoms with Crippen molar-refractivity contribution in [2.75, 3.05) is 19.6 Å². The Morgan fingerprint density at radius 1 is 1.14 bits per heavy atom. The Kier molecular flexibility index (Phi) is 7.91. The summed E-state index contributed by atoms with van der Waals surface area (Å²) >= 11 is 0. The monoisotopic (exact) mass is 325 g/mol. The molecule has 122 valence electrons. The van der Waals surface area contributed by atoms with E-state index >= 15 is 0 Å². The van der Waals surface area contributed by atoms with Gasteiger partial charge in [-0.15, -0.1) is 12.4 Å². The highest BCUT2D eigenvalue weighted by molar-refractivity contribution is 5.85. The molecule has 1 aromatic carbocycles. The van der Waals surface area contributed by atoms with Crippen molar-refractivity contribution in [1.29, 1.82) is 0 Å². The van der Waals surface area contributed by atoms with E-state index in [4.69, 9.17) is 5.73 Å². The number of nitrogens with zero attached hydrogens (tertiary/aromatic N) is 1. The Hall–Kier alpha value is -1.59. The lowest BCUT2D eigenvalue weighted by molar-refractivity contribution is -0.133. The number of halogens is 1. The van der Waals surface area contributed by atoms with Crippen LogP contribution in [0.2, 0.25) is 0 Å². The van der Waals surface area contributed by atoms with E-state index < -0.39 is 0 Å². The lowest BCUT2D eigenvalue weighted by Crippen LogP contribution is -2.42. The third-order valence-electron chi connectivity index (χ3n) is 3.78. The first kappa shape index (κ1) is 18.5. The van der Waals surface area contributed by atoms with Gasteiger partial charge in [0.1, 0.15) is 0 Å². The molecule has 1 unspecified atom stereocenters. The van der Waals surface area contributed by atoms with Crippen LogP contribution in [-0.4, -0.2) is 36.3 Å². The molecule has 0 bridgehead atoms. The van der Waals surface area contributed by atoms with Crippen LogP contribution in [-0.2, 0) is 9.59 Å². The normalized spacial score (nSPS) is 15.6. The Morgan fingerprint density at radius 3 is 2.41 bits per heavy atom. The Labute approximate surface area is 137 Å². The van der Waals surface area contributed by atoms with Crippen LogP contribution in [0.4, 0.5) is 0 Å². The van der Waals surface area contributed by atoms with Gasteiger partial charge in [-0.05, 0) is 24.8 Å². The summed E-state index contributed by atoms with van der Waals surface area (Å²) in [5.74, 6) is -0.187. The van der Waals surface area contributed by atoms with Crippen molar-refractivity contribution in [2.24, 2.45) is 5.73 Å². The van der Waals surface area contributed by atoms with Gasteiger partial charge in [-0.1, -0.05) is 30.3 Å². The SMILES string of the molecule is Cl.NC(CC(=O)NCC(=O)N1CCCCC1)c1ccccc1. The average Bonchev–Trinajstić information content (AvgIpc) is 2.54. The molecule has 5 nitrogen and oxygen atoms in total. The van der Waals surface area contributed by atoms with E-state index in [1.807, 2.05) is 35.2 Å². The summed E-state index contributed by atoms with van der Waals surface area (Å²) in [5, 5.41) is 2.67. The number of piperidine rings is 1. The number of hydrogen-bond acceptors (Lipinski definition) is 3. The minimum atomic E-state index is -0.337. The van der Waals surface area contributed by atoms with E-state index in [1.54, 1.807) is 0 Å². The van der Waals surface area contributed by atoms with Crippen molar-refractivity contribution in [3.8, 4) is 0 Å². The lowest BCUT2D eigenvalue weighted by Gasteiger charge is -2.26. The number of nitrogens with two attached hydrogens (primary N) is 1. The van der Waals surface area contributed by atoms with E-state index in [0.717, 1.165) is 31.5 Å². The second kappa shape index (κ2) is 9.43. The molecule has 1 saturated heterocycles. The number of rotatable bonds is 5. The number of likely N-dealkylation sites (tertiary alicyclic amines) is 1. The van der Waals surface area contributed by atoms with Crippen molar-refractivity contribution in [1.82, 2.24) is 10.2 Å². The van der Waals surface area contributed by atoms with Gasteiger partial charge in [-0.2, -0.15) is 0 Å². The fraction of sp³-hybridized carbons (Fsp3) is 0.500. The third kappa shape index (κ3) is 5.66. The molecule has 2 rings (SSSR count). The summed E-state index contributed by atoms with van der Waals surface area (Å²) < 4.78 is 0. The van der Waals surface area contributed by atoms with E-state index in [0.29, 0.717) is 0 Å². The molecule has 1 aliphatic heterocycles. The molecule has 3 N–H and O–H groups in total. The van der Waals surface area contributed by atoms with Crippen LogP contribution in [0.5, 0.6) is 0 Å². The molecule has 22 heavy (non-hydrogen) atoms. The molecule has 1 heterocycles. The predicted molar refractivity (Wildman–Crippen MR) is 88.7 cm³/mol. The first-order valence-electron chi connectivity index (χ1n) is 7.52. The van der Waals surface area contributed by atoms with Crippen molar-refractivity contribution in [3.05, 3.63) is 35.9 Å². The third-order valence-corrected chi connectivity index (χ3v) is 3.78. The Bertz CT molecular complexity index is 476. The molecule has 0 radical (unpaired) electrons. The fourth-order valence-corrected chi connectivity index (χ4v) is 2.52. The number of nitrogens with one attached hydrogen (secondary N) is 1. The first-order chi connectivity index (χ1) is 10.2. The van der Waals surface area contributed by atoms with Crippen LogP contribution in [0.15, 0.2) is 30.3 Å². The Balaban J connectivity index is 0.00000242. The van der Waals surface area contributed by atoms with Gasteiger partial charge in [-0.25, -0.2) is 0 Å². The van der Waals surface area contributed by atoms with Gasteiger partial charge in [0.15, 0.2) is 0 Å². The van der Waals surface area contributed by atoms with Gasteiger partial charge in [0.05, 0.1) is 6.54 Å². The van der Waals surface area contributed by atoms with Gasteiger partial charge >= 0.3 is 0 Å². The van der Waals surface area contributed by atoms with E-state index in [-0.39, 0.29) is 43.2 Å². The minimum absolute atomic E-state index is 0. The zero-order chi connectivity index (χ0) is 15.1. The average molecular weight is 326 g/mol. The van der Waals surface area contributed by atoms with E-state index in [1.165, 1.54) is 6.42 Å². The molecule has 0 saturated carbocycles. The lowest BCUT2D eigenvalue weighted by atomic mass is 10.0. The standard InChI is InChI=1S/C16H23N3O2.ClH/c17-14(13-7-3-1-4-8-13)11-15(20)18-12-16(21)19-9-5-2-6-10-19;/h1,3-4,7-8,14H,2,5-6,9-12,17H2,(H,18,20);1H. The number of benzene rings is 1. The molecule has 1 atom stereocenters. The maximum Gasteiger partial charge on any atom is 0.241 e. The van der Waals surface area contributed by atoms with Gasteiger partial charge in [0.25, 0.3) is 0 Å². The number of amides is 2. The van der Waals surface area contributed by atoms with Crippen molar-refractivity contribution in [2.45, 2.75) is 31.7 Å². The maximum atomic E-state index is 11.9. The highest BCUT2D eigenvalue weighted by Crippen LogP contribution is 2.13. The summed E-state index contributed by atoms with van der Waals surface area (Å²) in [6.45, 7) is 1.68. The molecule has 0 aliphatic carbocycles. The molecule has 1 aliphatic rings. The van der Waals surface area contributed by atoms with E-state index in [2.05, 4.69) is 5.32 Å². The Morgan fingerprint density at radius 2 is 1.77 bits per heavy atom. The van der Waals surface area contributed by atoms with Crippen LogP contribution in [0.3, 0.4) is 0 Å². The van der Waals surface area contributed by atoms with Gasteiger partial charge in [0, 0.05) is 25.6 Å². The van der Waals surface area contributed by atoms with Crippen LogP contribution in [0.1, 0.15) is 37.3 Å². The van der Waals surface area contributed by atoms with Gasteiger partial charge in [-0.3, -0.25) is 9.59 Å². The van der Waals surface area contributed by atoms with Gasteiger partial charge in [0.2, 0.25) is 11.8 Å². The van der Waals surface area contributed by atoms with Crippen molar-refractivity contribution < 1.29 is 9.59 Å². The zero-order valence-corrected chi connectivity index (χ0v) is 13.5. The number of carbonyl (C=O) groups excluding carboxylic acids is 2. The number of hydrogen-bond donors (Lipinski definition) is 2. The molecular weight excluding hydrogens is 302 g/mol. The summed E-state index contributed by atoms with van der Waals surface area (Å²) in [6.07, 6.45) is 3.48. The predicted octanol–water partition coefficient (Wildman–Crippen LogP) is 1.63. The molecular formula is C16H24ClN3O2. The largest absolute Gasteiger partial charge is 0.347 e. The quantitative estimate of drug-likeness (QED) is 0.864. The highest BCUT2D eigenvalue weighted by Gasteiger charge is 2.17. The summed E-state index contributed by atoms with van der Waals surface area (Å²) in [7, 11) is 0. The molecule has 1 fully saturated rings. The van der Waals surface area contributed by atoms with Crippen molar-refractivity contribution in [3.63, 3.8) is 0 Å². The summed E-state index contributed by atoms with van der Waals surface area (Å²) in [6, 6.07) is 9.16. The highest BCUT2D eigenvalue weighted by atomic mass is 35.5. The number of carbonyl (C=O) groups is 2.